The smallest absolute Gasteiger partial charge is 0.336 e. The molecule has 0 unspecified atom stereocenters. The molecule has 136 valence electrons. The number of benzene rings is 2. The highest BCUT2D eigenvalue weighted by atomic mass is 19.1. The Morgan fingerprint density at radius 2 is 2.00 bits per heavy atom. The van der Waals surface area contributed by atoms with Gasteiger partial charge in [0.2, 0.25) is 0 Å². The number of hydrogen-bond acceptors (Lipinski definition) is 5. The Kier molecular flexibility index (Phi) is 4.12. The monoisotopic (exact) mass is 367 g/mol. The molecule has 27 heavy (non-hydrogen) atoms. The van der Waals surface area contributed by atoms with Crippen LogP contribution in [0.2, 0.25) is 0 Å². The number of amides is 1. The zero-order valence-corrected chi connectivity index (χ0v) is 14.2. The quantitative estimate of drug-likeness (QED) is 0.557. The van der Waals surface area contributed by atoms with E-state index in [0.29, 0.717) is 22.3 Å². The van der Waals surface area contributed by atoms with Crippen molar-refractivity contribution in [2.24, 2.45) is 0 Å². The minimum Gasteiger partial charge on any atom is -0.493 e. The van der Waals surface area contributed by atoms with Crippen molar-refractivity contribution in [3.63, 3.8) is 0 Å². The number of para-hydroxylation sites is 1. The number of furan rings is 1. The molecule has 0 saturated heterocycles. The van der Waals surface area contributed by atoms with Gasteiger partial charge in [-0.05, 0) is 35.9 Å². The Labute approximate surface area is 152 Å². The lowest BCUT2D eigenvalue weighted by Crippen LogP contribution is -2.23. The molecule has 2 aromatic heterocycles. The van der Waals surface area contributed by atoms with E-state index in [1.54, 1.807) is 24.3 Å². The fourth-order valence-electron chi connectivity index (χ4n) is 2.92. The first-order valence-corrected chi connectivity index (χ1v) is 8.12. The fraction of sp³-hybridized carbons (Fsp3) is 0.100. The Bertz CT molecular complexity index is 1220. The molecule has 0 aliphatic rings. The average molecular weight is 367 g/mol. The van der Waals surface area contributed by atoms with Crippen LogP contribution in [0.4, 0.5) is 4.39 Å². The number of fused-ring (bicyclic) bond motifs is 2. The number of ether oxygens (including phenoxy) is 1. The minimum absolute atomic E-state index is 0.0125. The van der Waals surface area contributed by atoms with E-state index < -0.39 is 17.3 Å². The maximum Gasteiger partial charge on any atom is 0.336 e. The van der Waals surface area contributed by atoms with Gasteiger partial charge in [0.15, 0.2) is 17.1 Å². The van der Waals surface area contributed by atoms with Crippen LogP contribution in [0.25, 0.3) is 21.9 Å². The molecule has 4 rings (SSSR count). The van der Waals surface area contributed by atoms with Gasteiger partial charge in [0.05, 0.1) is 7.11 Å². The molecule has 0 bridgehead atoms. The van der Waals surface area contributed by atoms with Crippen molar-refractivity contribution in [1.82, 2.24) is 5.32 Å². The number of carbonyl (C=O) groups is 1. The van der Waals surface area contributed by atoms with Crippen LogP contribution in [0.3, 0.4) is 0 Å². The molecule has 4 aromatic rings. The lowest BCUT2D eigenvalue weighted by Gasteiger charge is -2.06. The first kappa shape index (κ1) is 16.8. The van der Waals surface area contributed by atoms with E-state index in [9.17, 15) is 14.0 Å². The van der Waals surface area contributed by atoms with Gasteiger partial charge in [0.25, 0.3) is 5.91 Å². The molecule has 1 amide bonds. The lowest BCUT2D eigenvalue weighted by atomic mass is 10.1. The molecule has 1 N–H and O–H groups in total. The Hall–Kier alpha value is -3.61. The maximum atomic E-state index is 13.5. The zero-order chi connectivity index (χ0) is 19.0. The number of hydrogen-bond donors (Lipinski definition) is 1. The van der Waals surface area contributed by atoms with E-state index in [1.807, 2.05) is 0 Å². The molecule has 0 aliphatic heterocycles. The second kappa shape index (κ2) is 6.60. The predicted molar refractivity (Wildman–Crippen MR) is 96.4 cm³/mol. The van der Waals surface area contributed by atoms with Crippen molar-refractivity contribution in [1.29, 1.82) is 0 Å². The summed E-state index contributed by atoms with van der Waals surface area (Å²) in [6, 6.07) is 12.0. The summed E-state index contributed by atoms with van der Waals surface area (Å²) in [5, 5.41) is 3.82. The average Bonchev–Trinajstić information content (AvgIpc) is 3.10. The highest BCUT2D eigenvalue weighted by Gasteiger charge is 2.15. The highest BCUT2D eigenvalue weighted by molar-refractivity contribution is 5.97. The van der Waals surface area contributed by atoms with Crippen LogP contribution < -0.4 is 15.7 Å². The van der Waals surface area contributed by atoms with Crippen molar-refractivity contribution in [3.8, 4) is 5.75 Å². The van der Waals surface area contributed by atoms with Crippen LogP contribution in [0, 0.1) is 5.82 Å². The summed E-state index contributed by atoms with van der Waals surface area (Å²) in [6.45, 7) is 0.0125. The first-order valence-electron chi connectivity index (χ1n) is 8.12. The Morgan fingerprint density at radius 1 is 1.15 bits per heavy atom. The van der Waals surface area contributed by atoms with Gasteiger partial charge in [-0.3, -0.25) is 4.79 Å². The topological polar surface area (TPSA) is 81.7 Å². The molecule has 7 heteroatoms. The number of carbonyl (C=O) groups excluding carboxylic acids is 1. The van der Waals surface area contributed by atoms with Crippen LogP contribution >= 0.6 is 0 Å². The predicted octanol–water partition coefficient (Wildman–Crippen LogP) is 3.62. The van der Waals surface area contributed by atoms with Crippen LogP contribution in [0.15, 0.2) is 62.2 Å². The van der Waals surface area contributed by atoms with Gasteiger partial charge in [-0.25, -0.2) is 9.18 Å². The number of rotatable bonds is 4. The minimum atomic E-state index is -0.577. The summed E-state index contributed by atoms with van der Waals surface area (Å²) in [5.41, 5.74) is 0.592. The van der Waals surface area contributed by atoms with E-state index >= 15 is 0 Å². The molecule has 0 radical (unpaired) electrons. The molecule has 0 atom stereocenters. The van der Waals surface area contributed by atoms with Gasteiger partial charge in [-0.15, -0.1) is 0 Å². The van der Waals surface area contributed by atoms with Gasteiger partial charge >= 0.3 is 5.63 Å². The summed E-state index contributed by atoms with van der Waals surface area (Å²) >= 11 is 0. The summed E-state index contributed by atoms with van der Waals surface area (Å²) < 4.78 is 29.4. The molecular formula is C20H14FNO5. The van der Waals surface area contributed by atoms with Gasteiger partial charge < -0.3 is 18.9 Å². The standard InChI is InChI=1S/C20H14FNO5/c1-25-16-4-2-3-11-7-17(27-19(11)16)20(24)22-10-12-8-18(23)26-15-6-5-13(21)9-14(12)15/h2-9H,10H2,1H3,(H,22,24). The SMILES string of the molecule is COc1cccc2cc(C(=O)NCc3cc(=O)oc4ccc(F)cc34)oc12. The Balaban J connectivity index is 1.62. The van der Waals surface area contributed by atoms with Gasteiger partial charge in [-0.2, -0.15) is 0 Å². The number of methoxy groups -OCH3 is 1. The lowest BCUT2D eigenvalue weighted by molar-refractivity contribution is 0.0925. The summed E-state index contributed by atoms with van der Waals surface area (Å²) in [5.74, 6) is -0.305. The zero-order valence-electron chi connectivity index (χ0n) is 14.2. The summed E-state index contributed by atoms with van der Waals surface area (Å²) in [4.78, 5) is 24.1. The van der Waals surface area contributed by atoms with Crippen molar-refractivity contribution >= 4 is 27.8 Å². The van der Waals surface area contributed by atoms with Gasteiger partial charge in [0.1, 0.15) is 11.4 Å². The number of halogens is 1. The third-order valence-electron chi connectivity index (χ3n) is 4.18. The second-order valence-corrected chi connectivity index (χ2v) is 5.90. The normalized spacial score (nSPS) is 11.0. The van der Waals surface area contributed by atoms with Gasteiger partial charge in [-0.1, -0.05) is 12.1 Å². The molecule has 0 fully saturated rings. The van der Waals surface area contributed by atoms with E-state index in [4.69, 9.17) is 13.6 Å². The summed E-state index contributed by atoms with van der Waals surface area (Å²) in [7, 11) is 1.52. The highest BCUT2D eigenvalue weighted by Crippen LogP contribution is 2.28. The van der Waals surface area contributed by atoms with Crippen LogP contribution in [-0.2, 0) is 6.54 Å². The van der Waals surface area contributed by atoms with Crippen molar-refractivity contribution in [2.75, 3.05) is 7.11 Å². The van der Waals surface area contributed by atoms with Crippen molar-refractivity contribution in [2.45, 2.75) is 6.54 Å². The Morgan fingerprint density at radius 3 is 2.81 bits per heavy atom. The van der Waals surface area contributed by atoms with E-state index in [0.717, 1.165) is 5.39 Å². The molecule has 0 saturated carbocycles. The molecule has 0 aliphatic carbocycles. The van der Waals surface area contributed by atoms with E-state index in [1.165, 1.54) is 31.4 Å². The van der Waals surface area contributed by atoms with E-state index in [-0.39, 0.29) is 17.9 Å². The van der Waals surface area contributed by atoms with Gasteiger partial charge in [0, 0.05) is 23.4 Å². The fourth-order valence-corrected chi connectivity index (χ4v) is 2.92. The third-order valence-corrected chi connectivity index (χ3v) is 4.18. The van der Waals surface area contributed by atoms with Crippen LogP contribution in [0.1, 0.15) is 16.1 Å². The molecular weight excluding hydrogens is 353 g/mol. The molecule has 2 heterocycles. The summed E-state index contributed by atoms with van der Waals surface area (Å²) in [6.07, 6.45) is 0. The maximum absolute atomic E-state index is 13.5. The van der Waals surface area contributed by atoms with Crippen LogP contribution in [0.5, 0.6) is 5.75 Å². The van der Waals surface area contributed by atoms with E-state index in [2.05, 4.69) is 5.32 Å². The van der Waals surface area contributed by atoms with Crippen molar-refractivity contribution in [3.05, 3.63) is 76.1 Å². The number of nitrogens with one attached hydrogen (secondary N) is 1. The molecule has 2 aromatic carbocycles. The molecule has 6 nitrogen and oxygen atoms in total. The first-order chi connectivity index (χ1) is 13.0. The largest absolute Gasteiger partial charge is 0.493 e. The molecule has 0 spiro atoms. The van der Waals surface area contributed by atoms with Crippen LogP contribution in [-0.4, -0.2) is 13.0 Å². The third kappa shape index (κ3) is 3.15. The van der Waals surface area contributed by atoms with Crippen molar-refractivity contribution < 1.29 is 22.8 Å². The second-order valence-electron chi connectivity index (χ2n) is 5.90.